The van der Waals surface area contributed by atoms with Gasteiger partial charge in [-0.1, -0.05) is 24.3 Å². The van der Waals surface area contributed by atoms with Crippen LogP contribution < -0.4 is 11.6 Å². The molecule has 0 atom stereocenters. The van der Waals surface area contributed by atoms with Crippen LogP contribution in [0.3, 0.4) is 0 Å². The number of benzene rings is 1. The Kier molecular flexibility index (Phi) is 5.97. The van der Waals surface area contributed by atoms with Crippen molar-refractivity contribution in [3.05, 3.63) is 35.9 Å². The summed E-state index contributed by atoms with van der Waals surface area (Å²) in [5.41, 5.74) is 5.16. The number of anilines is 1. The number of fused-ring (bicyclic) bond motifs is 1. The molecule has 0 saturated carbocycles. The lowest BCUT2D eigenvalue weighted by atomic mass is 10.2. The molecule has 1 aromatic rings. The molecule has 1 aliphatic heterocycles. The Hall–Kier alpha value is -1.83. The quantitative estimate of drug-likeness (QED) is 0.533. The van der Waals surface area contributed by atoms with Crippen molar-refractivity contribution in [2.75, 3.05) is 5.43 Å². The molecule has 94 valence electrons. The first-order valence-corrected chi connectivity index (χ1v) is 4.39. The van der Waals surface area contributed by atoms with Gasteiger partial charge in [0.05, 0.1) is 5.69 Å². The number of allylic oxidation sites excluding steroid dienone is 1. The van der Waals surface area contributed by atoms with E-state index >= 15 is 0 Å². The summed E-state index contributed by atoms with van der Waals surface area (Å²) in [6.45, 7) is 0. The molecule has 3 nitrogen and oxygen atoms in total. The maximum absolute atomic E-state index is 9.75. The lowest BCUT2D eigenvalue weighted by Gasteiger charge is -2.00. The van der Waals surface area contributed by atoms with Gasteiger partial charge in [-0.2, -0.15) is 5.10 Å². The third-order valence-electron chi connectivity index (χ3n) is 1.58. The number of nitrogens with zero attached hydrogens (tertiary/aromatic N) is 1. The van der Waals surface area contributed by atoms with Gasteiger partial charge in [0.1, 0.15) is 0 Å². The molecule has 17 heavy (non-hydrogen) atoms. The number of halogens is 4. The van der Waals surface area contributed by atoms with E-state index in [9.17, 15) is 17.3 Å². The van der Waals surface area contributed by atoms with Crippen LogP contribution in [0.4, 0.5) is 23.0 Å². The van der Waals surface area contributed by atoms with Crippen molar-refractivity contribution in [1.29, 1.82) is 0 Å². The van der Waals surface area contributed by atoms with E-state index in [2.05, 4.69) is 10.5 Å². The number of para-hydroxylation sites is 1. The fraction of sp³-hybridized carbons (Fsp3) is 0. The molecule has 0 spiro atoms. The lowest BCUT2D eigenvalue weighted by Crippen LogP contribution is -2.02. The maximum Gasteiger partial charge on any atom is 0.673 e. The zero-order chi connectivity index (χ0) is 12.0. The van der Waals surface area contributed by atoms with Crippen molar-refractivity contribution >= 4 is 25.2 Å². The largest absolute Gasteiger partial charge is 0.673 e. The van der Waals surface area contributed by atoms with Crippen LogP contribution in [0.5, 0.6) is 0 Å². The highest BCUT2D eigenvalue weighted by Gasteiger charge is 2.20. The van der Waals surface area contributed by atoms with Gasteiger partial charge in [0.15, 0.2) is 0 Å². The summed E-state index contributed by atoms with van der Waals surface area (Å²) in [6.07, 6.45) is 5.68. The normalized spacial score (nSPS) is 12.2. The summed E-state index contributed by atoms with van der Waals surface area (Å²) in [5, 5.41) is 3.95. The number of quaternary nitrogens is 1. The zero-order valence-corrected chi connectivity index (χ0v) is 9.08. The smallest absolute Gasteiger partial charge is 0.418 e. The molecule has 2 rings (SSSR count). The third kappa shape index (κ3) is 7.12. The van der Waals surface area contributed by atoms with Crippen molar-refractivity contribution in [2.45, 2.75) is 0 Å². The highest BCUT2D eigenvalue weighted by atomic mass is 19.5. The molecule has 0 amide bonds. The van der Waals surface area contributed by atoms with Crippen LogP contribution in [0.2, 0.25) is 0 Å². The maximum atomic E-state index is 9.75. The minimum absolute atomic E-state index is 0. The molecule has 0 bridgehead atoms. The van der Waals surface area contributed by atoms with Crippen LogP contribution in [0, 0.1) is 0 Å². The first-order chi connectivity index (χ1) is 7.47. The summed E-state index contributed by atoms with van der Waals surface area (Å²) in [4.78, 5) is 0. The Morgan fingerprint density at radius 2 is 1.65 bits per heavy atom. The van der Waals surface area contributed by atoms with E-state index in [1.807, 2.05) is 36.4 Å². The van der Waals surface area contributed by atoms with Crippen molar-refractivity contribution in [3.63, 3.8) is 0 Å². The van der Waals surface area contributed by atoms with E-state index in [0.717, 1.165) is 5.69 Å². The highest BCUT2D eigenvalue weighted by molar-refractivity contribution is 6.50. The zero-order valence-electron chi connectivity index (χ0n) is 9.08. The van der Waals surface area contributed by atoms with Gasteiger partial charge >= 0.3 is 7.25 Å². The van der Waals surface area contributed by atoms with E-state index in [1.54, 1.807) is 6.21 Å². The number of hydrazone groups is 1. The molecule has 1 heterocycles. The van der Waals surface area contributed by atoms with Crippen LogP contribution in [0.25, 0.3) is 6.08 Å². The molecular formula is C9H12BF4N3. The number of hydrogen-bond donors (Lipinski definition) is 2. The summed E-state index contributed by atoms with van der Waals surface area (Å²) in [7, 11) is -6.00. The Bertz CT molecular complexity index is 397. The van der Waals surface area contributed by atoms with Crippen LogP contribution in [0.1, 0.15) is 5.56 Å². The molecule has 1 aliphatic rings. The molecule has 0 aromatic heterocycles. The third-order valence-corrected chi connectivity index (χ3v) is 1.58. The van der Waals surface area contributed by atoms with Gasteiger partial charge in [0.2, 0.25) is 0 Å². The van der Waals surface area contributed by atoms with Gasteiger partial charge < -0.3 is 23.4 Å². The van der Waals surface area contributed by atoms with Crippen molar-refractivity contribution in [2.24, 2.45) is 5.10 Å². The topological polar surface area (TPSA) is 60.9 Å². The highest BCUT2D eigenvalue weighted by Crippen LogP contribution is 2.17. The average Bonchev–Trinajstić information content (AvgIpc) is 2.39. The molecule has 5 N–H and O–H groups in total. The minimum atomic E-state index is -6.00. The average molecular weight is 249 g/mol. The van der Waals surface area contributed by atoms with Crippen LogP contribution >= 0.6 is 0 Å². The molecule has 0 saturated heterocycles. The number of hydrogen-bond acceptors (Lipinski definition) is 2. The fourth-order valence-corrected chi connectivity index (χ4v) is 1.04. The molecule has 8 heteroatoms. The molecule has 0 fully saturated rings. The second kappa shape index (κ2) is 6.69. The summed E-state index contributed by atoms with van der Waals surface area (Å²) >= 11 is 0. The predicted octanol–water partition coefficient (Wildman–Crippen LogP) is 3.79. The molecule has 0 radical (unpaired) electrons. The predicted molar refractivity (Wildman–Crippen MR) is 63.8 cm³/mol. The van der Waals surface area contributed by atoms with Gasteiger partial charge in [-0.25, -0.2) is 0 Å². The summed E-state index contributed by atoms with van der Waals surface area (Å²) in [5.74, 6) is 0. The van der Waals surface area contributed by atoms with E-state index < -0.39 is 7.25 Å². The fourth-order valence-electron chi connectivity index (χ4n) is 1.04. The number of rotatable bonds is 0. The molecule has 0 aliphatic carbocycles. The second-order valence-corrected chi connectivity index (χ2v) is 2.83. The van der Waals surface area contributed by atoms with E-state index in [1.165, 1.54) is 5.56 Å². The lowest BCUT2D eigenvalue weighted by molar-refractivity contribution is 0.368. The molecular weight excluding hydrogens is 237 g/mol. The van der Waals surface area contributed by atoms with Crippen LogP contribution in [-0.4, -0.2) is 13.5 Å². The van der Waals surface area contributed by atoms with Gasteiger partial charge in [-0.3, -0.25) is 5.43 Å². The molecule has 1 aromatic carbocycles. The van der Waals surface area contributed by atoms with E-state index in [0.29, 0.717) is 0 Å². The van der Waals surface area contributed by atoms with Gasteiger partial charge in [-0.15, -0.1) is 0 Å². The van der Waals surface area contributed by atoms with Crippen LogP contribution in [0.15, 0.2) is 35.4 Å². The Morgan fingerprint density at radius 3 is 2.29 bits per heavy atom. The molecule has 0 unspecified atom stereocenters. The van der Waals surface area contributed by atoms with Crippen molar-refractivity contribution in [1.82, 2.24) is 6.15 Å². The summed E-state index contributed by atoms with van der Waals surface area (Å²) < 4.78 is 39.0. The van der Waals surface area contributed by atoms with Crippen LogP contribution in [-0.2, 0) is 0 Å². The first-order valence-electron chi connectivity index (χ1n) is 4.39. The minimum Gasteiger partial charge on any atom is -0.418 e. The standard InChI is InChI=1S/C9H8N2.BF4.H3N/c1-2-6-9-8(4-1)5-3-7-10-11-9;2-1(3,4)5;/h1-7,11H;;1H3/q;-1;/p+1. The Morgan fingerprint density at radius 1 is 1.06 bits per heavy atom. The van der Waals surface area contributed by atoms with Crippen molar-refractivity contribution in [3.8, 4) is 0 Å². The SMILES string of the molecule is C1=Cc2ccccc2NN=C1.F[B-](F)(F)F.[NH4+]. The van der Waals surface area contributed by atoms with E-state index in [4.69, 9.17) is 0 Å². The van der Waals surface area contributed by atoms with Crippen molar-refractivity contribution < 1.29 is 17.3 Å². The first kappa shape index (κ1) is 15.2. The van der Waals surface area contributed by atoms with Gasteiger partial charge in [0, 0.05) is 6.21 Å². The number of nitrogens with one attached hydrogen (secondary N) is 1. The monoisotopic (exact) mass is 249 g/mol. The Balaban J connectivity index is 0.000000373. The second-order valence-electron chi connectivity index (χ2n) is 2.83. The van der Waals surface area contributed by atoms with Gasteiger partial charge in [-0.05, 0) is 17.7 Å². The Labute approximate surface area is 95.9 Å². The van der Waals surface area contributed by atoms with E-state index in [-0.39, 0.29) is 6.15 Å². The van der Waals surface area contributed by atoms with Gasteiger partial charge in [0.25, 0.3) is 0 Å². The summed E-state index contributed by atoms with van der Waals surface area (Å²) in [6, 6.07) is 8.05.